The molecule has 2 aliphatic heterocycles. The van der Waals surface area contributed by atoms with Crippen LogP contribution in [0.3, 0.4) is 0 Å². The summed E-state index contributed by atoms with van der Waals surface area (Å²) >= 11 is 6.26. The van der Waals surface area contributed by atoms with Crippen molar-refractivity contribution >= 4 is 29.9 Å². The van der Waals surface area contributed by atoms with Gasteiger partial charge in [-0.05, 0) is 55.2 Å². The number of amides is 3. The third kappa shape index (κ3) is 8.66. The summed E-state index contributed by atoms with van der Waals surface area (Å²) in [5.74, 6) is 0.530. The first-order chi connectivity index (χ1) is 18.2. The van der Waals surface area contributed by atoms with Crippen molar-refractivity contribution in [3.05, 3.63) is 34.9 Å². The van der Waals surface area contributed by atoms with Crippen LogP contribution >= 0.6 is 11.6 Å². The number of alkyl carbamates (subject to hydrolysis) is 1. The third-order valence-corrected chi connectivity index (χ3v) is 7.40. The van der Waals surface area contributed by atoms with Crippen molar-refractivity contribution in [1.29, 1.82) is 0 Å². The number of piperidine rings is 2. The van der Waals surface area contributed by atoms with Gasteiger partial charge in [-0.2, -0.15) is 0 Å². The molecule has 11 heteroatoms. The highest BCUT2D eigenvalue weighted by Gasteiger charge is 2.37. The summed E-state index contributed by atoms with van der Waals surface area (Å²) in [4.78, 5) is 39.3. The van der Waals surface area contributed by atoms with Gasteiger partial charge in [0.25, 0.3) is 0 Å². The number of rotatable bonds is 9. The molecule has 0 spiro atoms. The van der Waals surface area contributed by atoms with E-state index in [4.69, 9.17) is 21.1 Å². The van der Waals surface area contributed by atoms with Crippen LogP contribution in [0.1, 0.15) is 51.2 Å². The van der Waals surface area contributed by atoms with Gasteiger partial charge in [0.1, 0.15) is 6.10 Å². The molecule has 4 atom stereocenters. The number of hydrogen-bond donors (Lipinski definition) is 2. The summed E-state index contributed by atoms with van der Waals surface area (Å²) in [6.45, 7) is 6.42. The lowest BCUT2D eigenvalue weighted by Gasteiger charge is -2.40. The quantitative estimate of drug-likeness (QED) is 0.412. The molecule has 10 nitrogen and oxygen atoms in total. The maximum atomic E-state index is 13.3. The van der Waals surface area contributed by atoms with Gasteiger partial charge >= 0.3 is 18.3 Å². The predicted molar refractivity (Wildman–Crippen MR) is 142 cm³/mol. The van der Waals surface area contributed by atoms with Crippen LogP contribution in [0.25, 0.3) is 0 Å². The van der Waals surface area contributed by atoms with Crippen LogP contribution in [0.2, 0.25) is 5.02 Å². The van der Waals surface area contributed by atoms with Gasteiger partial charge in [0.05, 0.1) is 26.4 Å². The molecule has 2 heterocycles. The van der Waals surface area contributed by atoms with Crippen molar-refractivity contribution in [3.8, 4) is 0 Å². The predicted octanol–water partition coefficient (Wildman–Crippen LogP) is 5.02. The summed E-state index contributed by atoms with van der Waals surface area (Å²) in [6, 6.07) is 7.46. The van der Waals surface area contributed by atoms with Crippen molar-refractivity contribution in [2.75, 3.05) is 46.4 Å². The van der Waals surface area contributed by atoms with Crippen LogP contribution in [0.15, 0.2) is 24.3 Å². The van der Waals surface area contributed by atoms with Crippen molar-refractivity contribution in [1.82, 2.24) is 15.1 Å². The van der Waals surface area contributed by atoms with E-state index in [0.29, 0.717) is 37.0 Å². The standard InChI is InChI=1S/C27H40ClN3O7/c1-18(2)14-19-9-12-30(26(33)34)17-23(19)38-27(35)31-11-5-7-21(16-31)24(20-6-4-8-22(28)15-20)37-13-10-29-25(32)36-3/h4,6,8,15,18-19,21,23-24H,5,7,9-14,16-17H2,1-3H3,(H,29,32)(H,33,34)/t19?,21-,23?,24?/m1/s1. The van der Waals surface area contributed by atoms with Gasteiger partial charge in [0.2, 0.25) is 0 Å². The second-order valence-corrected chi connectivity index (χ2v) is 10.9. The van der Waals surface area contributed by atoms with Crippen LogP contribution < -0.4 is 5.32 Å². The molecule has 2 aliphatic rings. The molecule has 0 aliphatic carbocycles. The first-order valence-electron chi connectivity index (χ1n) is 13.3. The summed E-state index contributed by atoms with van der Waals surface area (Å²) < 4.78 is 16.8. The Bertz CT molecular complexity index is 947. The zero-order valence-corrected chi connectivity index (χ0v) is 23.2. The SMILES string of the molecule is COC(=O)NCCOC(c1cccc(Cl)c1)[C@@H]1CCCN(C(=O)OC2CN(C(=O)O)CCC2CC(C)C)C1. The maximum Gasteiger partial charge on any atom is 0.410 e. The number of carbonyl (C=O) groups is 3. The van der Waals surface area contributed by atoms with Crippen LogP contribution in [-0.2, 0) is 14.2 Å². The molecule has 3 unspecified atom stereocenters. The van der Waals surface area contributed by atoms with Crippen molar-refractivity contribution < 1.29 is 33.7 Å². The number of nitrogens with one attached hydrogen (secondary N) is 1. The lowest BCUT2D eigenvalue weighted by molar-refractivity contribution is -0.0346. The van der Waals surface area contributed by atoms with Gasteiger partial charge in [-0.15, -0.1) is 0 Å². The largest absolute Gasteiger partial charge is 0.465 e. The van der Waals surface area contributed by atoms with E-state index in [9.17, 15) is 19.5 Å². The molecule has 2 saturated heterocycles. The molecular weight excluding hydrogens is 514 g/mol. The van der Waals surface area contributed by atoms with E-state index in [1.807, 2.05) is 18.2 Å². The van der Waals surface area contributed by atoms with Crippen LogP contribution in [0.5, 0.6) is 0 Å². The highest BCUT2D eigenvalue weighted by atomic mass is 35.5. The fraction of sp³-hybridized carbons (Fsp3) is 0.667. The van der Waals surface area contributed by atoms with E-state index in [0.717, 1.165) is 24.8 Å². The number of likely N-dealkylation sites (tertiary alicyclic amines) is 2. The smallest absolute Gasteiger partial charge is 0.410 e. The molecule has 3 rings (SSSR count). The lowest BCUT2D eigenvalue weighted by atomic mass is 9.86. The van der Waals surface area contributed by atoms with Gasteiger partial charge in [0.15, 0.2) is 0 Å². The Hall–Kier alpha value is -2.72. The van der Waals surface area contributed by atoms with Crippen LogP contribution in [0, 0.1) is 17.8 Å². The molecule has 1 aromatic rings. The van der Waals surface area contributed by atoms with Gasteiger partial charge in [-0.25, -0.2) is 14.4 Å². The fourth-order valence-corrected chi connectivity index (χ4v) is 5.57. The van der Waals surface area contributed by atoms with Crippen molar-refractivity contribution in [2.45, 2.75) is 51.7 Å². The molecule has 38 heavy (non-hydrogen) atoms. The van der Waals surface area contributed by atoms with E-state index in [2.05, 4.69) is 23.9 Å². The molecule has 0 radical (unpaired) electrons. The van der Waals surface area contributed by atoms with E-state index in [1.165, 1.54) is 12.0 Å². The lowest BCUT2D eigenvalue weighted by Crippen LogP contribution is -2.50. The average Bonchev–Trinajstić information content (AvgIpc) is 2.89. The molecule has 0 saturated carbocycles. The minimum absolute atomic E-state index is 0.0128. The fourth-order valence-electron chi connectivity index (χ4n) is 5.37. The molecule has 3 amide bonds. The molecule has 2 N–H and O–H groups in total. The minimum Gasteiger partial charge on any atom is -0.465 e. The number of carbonyl (C=O) groups excluding carboxylic acids is 2. The molecule has 0 bridgehead atoms. The zero-order valence-electron chi connectivity index (χ0n) is 22.4. The summed E-state index contributed by atoms with van der Waals surface area (Å²) in [6.07, 6.45) is 0.425. The number of ether oxygens (including phenoxy) is 3. The minimum atomic E-state index is -0.990. The average molecular weight is 554 g/mol. The maximum absolute atomic E-state index is 13.3. The first kappa shape index (κ1) is 29.8. The summed E-state index contributed by atoms with van der Waals surface area (Å²) in [7, 11) is 1.30. The second-order valence-electron chi connectivity index (χ2n) is 10.4. The molecular formula is C27H40ClN3O7. The summed E-state index contributed by atoms with van der Waals surface area (Å²) in [5, 5.41) is 12.7. The Labute approximate surface area is 229 Å². The molecule has 1 aromatic carbocycles. The normalized spacial score (nSPS) is 22.6. The monoisotopic (exact) mass is 553 g/mol. The number of carboxylic acid groups (broad SMARTS) is 1. The number of benzene rings is 1. The van der Waals surface area contributed by atoms with Crippen molar-refractivity contribution in [2.24, 2.45) is 17.8 Å². The van der Waals surface area contributed by atoms with Gasteiger partial charge in [0, 0.05) is 37.1 Å². The molecule has 0 aromatic heterocycles. The van der Waals surface area contributed by atoms with E-state index in [-0.39, 0.29) is 37.6 Å². The highest BCUT2D eigenvalue weighted by Crippen LogP contribution is 2.35. The number of hydrogen-bond acceptors (Lipinski definition) is 6. The number of methoxy groups -OCH3 is 1. The zero-order chi connectivity index (χ0) is 27.7. The topological polar surface area (TPSA) is 118 Å². The Balaban J connectivity index is 1.68. The summed E-state index contributed by atoms with van der Waals surface area (Å²) in [5.41, 5.74) is 0.900. The van der Waals surface area contributed by atoms with Gasteiger partial charge in [-0.3, -0.25) is 0 Å². The molecule has 212 valence electrons. The Kier molecular flexibility index (Phi) is 11.3. The third-order valence-electron chi connectivity index (χ3n) is 7.17. The number of halogens is 1. The van der Waals surface area contributed by atoms with E-state index >= 15 is 0 Å². The van der Waals surface area contributed by atoms with E-state index in [1.54, 1.807) is 11.0 Å². The first-order valence-corrected chi connectivity index (χ1v) is 13.7. The highest BCUT2D eigenvalue weighted by molar-refractivity contribution is 6.30. The van der Waals surface area contributed by atoms with Gasteiger partial charge in [-0.1, -0.05) is 37.6 Å². The Morgan fingerprint density at radius 1 is 1.16 bits per heavy atom. The van der Waals surface area contributed by atoms with Crippen LogP contribution in [-0.4, -0.2) is 85.7 Å². The second kappa shape index (κ2) is 14.4. The van der Waals surface area contributed by atoms with E-state index < -0.39 is 24.4 Å². The molecule has 2 fully saturated rings. The van der Waals surface area contributed by atoms with Crippen LogP contribution in [0.4, 0.5) is 14.4 Å². The van der Waals surface area contributed by atoms with Crippen molar-refractivity contribution in [3.63, 3.8) is 0 Å². The Morgan fingerprint density at radius 2 is 1.95 bits per heavy atom. The Morgan fingerprint density at radius 3 is 2.63 bits per heavy atom. The number of nitrogens with zero attached hydrogens (tertiary/aromatic N) is 2. The van der Waals surface area contributed by atoms with Gasteiger partial charge < -0.3 is 34.4 Å².